The van der Waals surface area contributed by atoms with Crippen molar-refractivity contribution < 1.29 is 19.0 Å². The molecule has 0 aromatic heterocycles. The molecule has 1 amide bonds. The summed E-state index contributed by atoms with van der Waals surface area (Å²) in [4.78, 5) is 12.0. The van der Waals surface area contributed by atoms with Crippen molar-refractivity contribution in [2.45, 2.75) is 19.1 Å². The molecule has 0 spiro atoms. The lowest BCUT2D eigenvalue weighted by atomic mass is 10.00. The van der Waals surface area contributed by atoms with Gasteiger partial charge in [-0.05, 0) is 17.2 Å². The first kappa shape index (κ1) is 18.9. The average Bonchev–Trinajstić information content (AvgIpc) is 3.20. The van der Waals surface area contributed by atoms with Crippen molar-refractivity contribution in [2.75, 3.05) is 13.7 Å². The van der Waals surface area contributed by atoms with Crippen LogP contribution in [0.15, 0.2) is 72.8 Å². The van der Waals surface area contributed by atoms with Crippen LogP contribution in [0.4, 0.5) is 4.79 Å². The predicted molar refractivity (Wildman–Crippen MR) is 111 cm³/mol. The zero-order valence-electron chi connectivity index (χ0n) is 16.3. The molecule has 0 saturated heterocycles. The Morgan fingerprint density at radius 2 is 1.76 bits per heavy atom. The number of hydrogen-bond acceptors (Lipinski definition) is 4. The van der Waals surface area contributed by atoms with Gasteiger partial charge < -0.3 is 19.5 Å². The molecular weight excluding hydrogens is 366 g/mol. The molecule has 29 heavy (non-hydrogen) atoms. The molecule has 3 aromatic rings. The molecule has 3 aromatic carbocycles. The van der Waals surface area contributed by atoms with E-state index in [1.807, 2.05) is 66.7 Å². The number of para-hydroxylation sites is 2. The van der Waals surface area contributed by atoms with Gasteiger partial charge in [0.1, 0.15) is 24.2 Å². The Labute approximate surface area is 170 Å². The summed E-state index contributed by atoms with van der Waals surface area (Å²) in [6.07, 6.45) is 0.153. The van der Waals surface area contributed by atoms with Gasteiger partial charge in [0.15, 0.2) is 0 Å². The highest BCUT2D eigenvalue weighted by Gasteiger charge is 2.27. The van der Waals surface area contributed by atoms with Crippen LogP contribution in [0, 0.1) is 0 Å². The molecule has 1 unspecified atom stereocenters. The maximum absolute atomic E-state index is 12.0. The average molecular weight is 389 g/mol. The largest absolute Gasteiger partial charge is 0.496 e. The van der Waals surface area contributed by atoms with Gasteiger partial charge in [-0.15, -0.1) is 0 Å². The van der Waals surface area contributed by atoms with Crippen LogP contribution in [0.2, 0.25) is 0 Å². The molecule has 4 rings (SSSR count). The summed E-state index contributed by atoms with van der Waals surface area (Å²) in [6, 6.07) is 23.6. The maximum atomic E-state index is 12.0. The highest BCUT2D eigenvalue weighted by atomic mass is 16.5. The van der Waals surface area contributed by atoms with Crippen molar-refractivity contribution in [1.82, 2.24) is 5.32 Å². The molecule has 0 saturated carbocycles. The van der Waals surface area contributed by atoms with E-state index in [-0.39, 0.29) is 12.7 Å². The molecule has 5 heteroatoms. The molecule has 1 aliphatic heterocycles. The van der Waals surface area contributed by atoms with Crippen LogP contribution in [-0.2, 0) is 17.8 Å². The van der Waals surface area contributed by atoms with Crippen molar-refractivity contribution in [2.24, 2.45) is 0 Å². The predicted octanol–water partition coefficient (Wildman–Crippen LogP) is 4.59. The Kier molecular flexibility index (Phi) is 5.66. The number of nitrogens with one attached hydrogen (secondary N) is 1. The monoisotopic (exact) mass is 389 g/mol. The summed E-state index contributed by atoms with van der Waals surface area (Å²) in [5, 5.41) is 2.80. The minimum atomic E-state index is -0.446. The van der Waals surface area contributed by atoms with E-state index in [1.165, 1.54) is 0 Å². The molecule has 5 nitrogen and oxygen atoms in total. The van der Waals surface area contributed by atoms with Crippen LogP contribution in [0.5, 0.6) is 11.5 Å². The standard InChI is InChI=1S/C24H23NO4/c1-27-22-13-6-5-11-20(22)21-12-7-10-18-14-19(29-23(18)21)15-25-24(26)28-16-17-8-3-2-4-9-17/h2-13,19H,14-16H2,1H3,(H,25,26). The van der Waals surface area contributed by atoms with Crippen molar-refractivity contribution in [1.29, 1.82) is 0 Å². The lowest BCUT2D eigenvalue weighted by molar-refractivity contribution is 0.133. The smallest absolute Gasteiger partial charge is 0.407 e. The first-order valence-electron chi connectivity index (χ1n) is 9.61. The number of methoxy groups -OCH3 is 1. The summed E-state index contributed by atoms with van der Waals surface area (Å²) >= 11 is 0. The molecule has 1 heterocycles. The van der Waals surface area contributed by atoms with Crippen LogP contribution in [-0.4, -0.2) is 25.9 Å². The zero-order chi connectivity index (χ0) is 20.1. The molecular formula is C24H23NO4. The Hall–Kier alpha value is -3.47. The fourth-order valence-corrected chi connectivity index (χ4v) is 3.50. The highest BCUT2D eigenvalue weighted by molar-refractivity contribution is 5.77. The number of carbonyl (C=O) groups excluding carboxylic acids is 1. The summed E-state index contributed by atoms with van der Waals surface area (Å²) < 4.78 is 16.9. The Bertz CT molecular complexity index is 987. The highest BCUT2D eigenvalue weighted by Crippen LogP contribution is 2.41. The van der Waals surface area contributed by atoms with Gasteiger partial charge in [0, 0.05) is 17.5 Å². The SMILES string of the molecule is COc1ccccc1-c1cccc2c1OC(CNC(=O)OCc1ccccc1)C2. The number of hydrogen-bond donors (Lipinski definition) is 1. The number of ether oxygens (including phenoxy) is 3. The third kappa shape index (κ3) is 4.35. The van der Waals surface area contributed by atoms with E-state index in [4.69, 9.17) is 14.2 Å². The van der Waals surface area contributed by atoms with Crippen LogP contribution in [0.1, 0.15) is 11.1 Å². The molecule has 0 aliphatic carbocycles. The third-order valence-electron chi connectivity index (χ3n) is 4.91. The minimum absolute atomic E-state index is 0.134. The maximum Gasteiger partial charge on any atom is 0.407 e. The van der Waals surface area contributed by atoms with Gasteiger partial charge in [-0.1, -0.05) is 66.7 Å². The second-order valence-electron chi connectivity index (χ2n) is 6.88. The molecule has 0 radical (unpaired) electrons. The lowest BCUT2D eigenvalue weighted by Crippen LogP contribution is -2.34. The first-order valence-corrected chi connectivity index (χ1v) is 9.61. The van der Waals surface area contributed by atoms with Crippen LogP contribution >= 0.6 is 0 Å². The van der Waals surface area contributed by atoms with Gasteiger partial charge in [0.05, 0.1) is 13.7 Å². The Balaban J connectivity index is 1.37. The number of amides is 1. The molecule has 0 fully saturated rings. The quantitative estimate of drug-likeness (QED) is 0.670. The van der Waals surface area contributed by atoms with E-state index in [1.54, 1.807) is 7.11 Å². The van der Waals surface area contributed by atoms with Crippen molar-refractivity contribution in [3.05, 3.63) is 83.9 Å². The normalized spacial score (nSPS) is 14.6. The summed E-state index contributed by atoms with van der Waals surface area (Å²) in [5.41, 5.74) is 4.06. The van der Waals surface area contributed by atoms with Gasteiger partial charge >= 0.3 is 6.09 Å². The Morgan fingerprint density at radius 1 is 1.00 bits per heavy atom. The van der Waals surface area contributed by atoms with E-state index in [2.05, 4.69) is 11.4 Å². The zero-order valence-corrected chi connectivity index (χ0v) is 16.3. The van der Waals surface area contributed by atoms with Crippen molar-refractivity contribution in [3.8, 4) is 22.6 Å². The van der Waals surface area contributed by atoms with Crippen molar-refractivity contribution in [3.63, 3.8) is 0 Å². The van der Waals surface area contributed by atoms with Crippen LogP contribution < -0.4 is 14.8 Å². The van der Waals surface area contributed by atoms with Gasteiger partial charge in [-0.3, -0.25) is 0 Å². The van der Waals surface area contributed by atoms with Crippen LogP contribution in [0.3, 0.4) is 0 Å². The van der Waals surface area contributed by atoms with Gasteiger partial charge in [0.2, 0.25) is 0 Å². The van der Waals surface area contributed by atoms with E-state index in [0.717, 1.165) is 40.2 Å². The first-order chi connectivity index (χ1) is 14.2. The topological polar surface area (TPSA) is 56.8 Å². The summed E-state index contributed by atoms with van der Waals surface area (Å²) in [5.74, 6) is 1.65. The number of alkyl carbamates (subject to hydrolysis) is 1. The number of benzene rings is 3. The van der Waals surface area contributed by atoms with Gasteiger partial charge in [-0.2, -0.15) is 0 Å². The third-order valence-corrected chi connectivity index (χ3v) is 4.91. The fraction of sp³-hybridized carbons (Fsp3) is 0.208. The molecule has 0 bridgehead atoms. The number of fused-ring (bicyclic) bond motifs is 1. The summed E-state index contributed by atoms with van der Waals surface area (Å²) in [6.45, 7) is 0.629. The Morgan fingerprint density at radius 3 is 2.59 bits per heavy atom. The molecule has 148 valence electrons. The van der Waals surface area contributed by atoms with E-state index < -0.39 is 6.09 Å². The second kappa shape index (κ2) is 8.69. The van der Waals surface area contributed by atoms with E-state index in [9.17, 15) is 4.79 Å². The van der Waals surface area contributed by atoms with Gasteiger partial charge in [0.25, 0.3) is 0 Å². The van der Waals surface area contributed by atoms with E-state index in [0.29, 0.717) is 6.54 Å². The lowest BCUT2D eigenvalue weighted by Gasteiger charge is -2.15. The summed E-state index contributed by atoms with van der Waals surface area (Å²) in [7, 11) is 1.66. The minimum Gasteiger partial charge on any atom is -0.496 e. The number of rotatable bonds is 6. The second-order valence-corrected chi connectivity index (χ2v) is 6.88. The molecule has 1 aliphatic rings. The molecule has 1 atom stereocenters. The van der Waals surface area contributed by atoms with Gasteiger partial charge in [-0.25, -0.2) is 4.79 Å². The molecule has 1 N–H and O–H groups in total. The van der Waals surface area contributed by atoms with Crippen LogP contribution in [0.25, 0.3) is 11.1 Å². The van der Waals surface area contributed by atoms with Crippen molar-refractivity contribution >= 4 is 6.09 Å². The van der Waals surface area contributed by atoms with E-state index >= 15 is 0 Å². The number of carbonyl (C=O) groups is 1. The fourth-order valence-electron chi connectivity index (χ4n) is 3.50.